The van der Waals surface area contributed by atoms with Crippen molar-refractivity contribution in [3.05, 3.63) is 65.4 Å². The van der Waals surface area contributed by atoms with Crippen molar-refractivity contribution in [1.82, 2.24) is 14.1 Å². The summed E-state index contributed by atoms with van der Waals surface area (Å²) in [7, 11) is -3.05. The van der Waals surface area contributed by atoms with Gasteiger partial charge in [0, 0.05) is 35.0 Å². The van der Waals surface area contributed by atoms with Gasteiger partial charge in [-0.05, 0) is 61.4 Å². The number of benzene rings is 2. The highest BCUT2D eigenvalue weighted by molar-refractivity contribution is 7.89. The van der Waals surface area contributed by atoms with Gasteiger partial charge in [-0.1, -0.05) is 6.42 Å². The molecule has 1 aromatic heterocycles. The zero-order valence-corrected chi connectivity index (χ0v) is 20.9. The number of fused-ring (bicyclic) bond motifs is 1. The van der Waals surface area contributed by atoms with Crippen molar-refractivity contribution in [1.29, 1.82) is 0 Å². The molecule has 0 bridgehead atoms. The second-order valence-corrected chi connectivity index (χ2v) is 12.0. The number of aromatic nitrogens is 2. The van der Waals surface area contributed by atoms with Gasteiger partial charge >= 0.3 is 0 Å². The van der Waals surface area contributed by atoms with E-state index in [9.17, 15) is 17.4 Å². The molecule has 11 heteroatoms. The van der Waals surface area contributed by atoms with Gasteiger partial charge in [-0.3, -0.25) is 9.00 Å². The van der Waals surface area contributed by atoms with E-state index in [1.54, 1.807) is 23.9 Å². The second kappa shape index (κ2) is 9.56. The number of nitrogens with zero attached hydrogens (tertiary/aromatic N) is 3. The summed E-state index contributed by atoms with van der Waals surface area (Å²) in [4.78, 5) is 13.3. The summed E-state index contributed by atoms with van der Waals surface area (Å²) >= 11 is 0. The molecule has 0 radical (unpaired) electrons. The average molecular weight is 515 g/mol. The molecule has 0 saturated carbocycles. The van der Waals surface area contributed by atoms with Gasteiger partial charge in [-0.2, -0.15) is 9.40 Å². The van der Waals surface area contributed by atoms with Crippen molar-refractivity contribution in [2.75, 3.05) is 25.5 Å². The molecule has 0 unspecified atom stereocenters. The summed E-state index contributed by atoms with van der Waals surface area (Å²) in [6, 6.07) is 13.2. The Bertz CT molecular complexity index is 1380. The lowest BCUT2D eigenvalue weighted by atomic mass is 10.2. The molecule has 184 valence electrons. The first-order valence-electron chi connectivity index (χ1n) is 11.4. The molecule has 2 aliphatic rings. The van der Waals surface area contributed by atoms with Crippen LogP contribution in [0.2, 0.25) is 0 Å². The minimum Gasteiger partial charge on any atom is -0.497 e. The number of anilines is 1. The molecule has 0 spiro atoms. The molecule has 1 atom stereocenters. The van der Waals surface area contributed by atoms with Gasteiger partial charge in [0.2, 0.25) is 10.0 Å². The van der Waals surface area contributed by atoms with Crippen molar-refractivity contribution in [3.8, 4) is 11.4 Å². The van der Waals surface area contributed by atoms with E-state index >= 15 is 0 Å². The van der Waals surface area contributed by atoms with Crippen LogP contribution < -0.4 is 10.1 Å². The van der Waals surface area contributed by atoms with Crippen LogP contribution in [0, 0.1) is 0 Å². The fourth-order valence-electron chi connectivity index (χ4n) is 4.38. The summed E-state index contributed by atoms with van der Waals surface area (Å²) in [5, 5.41) is 7.51. The smallest absolute Gasteiger partial charge is 0.256 e. The first kappa shape index (κ1) is 23.7. The van der Waals surface area contributed by atoms with Crippen LogP contribution in [0.15, 0.2) is 53.4 Å². The third kappa shape index (κ3) is 4.63. The first-order chi connectivity index (χ1) is 16.9. The molecule has 2 aromatic carbocycles. The fourth-order valence-corrected chi connectivity index (χ4v) is 7.16. The van der Waals surface area contributed by atoms with Gasteiger partial charge in [0.05, 0.1) is 34.9 Å². The zero-order chi connectivity index (χ0) is 24.6. The number of hydrogen-bond donors (Lipinski definition) is 1. The van der Waals surface area contributed by atoms with Crippen LogP contribution in [0.4, 0.5) is 5.82 Å². The Morgan fingerprint density at radius 3 is 2.34 bits per heavy atom. The highest BCUT2D eigenvalue weighted by Gasteiger charge is 2.29. The van der Waals surface area contributed by atoms with Crippen molar-refractivity contribution in [3.63, 3.8) is 0 Å². The summed E-state index contributed by atoms with van der Waals surface area (Å²) in [6.07, 6.45) is 2.75. The molecule has 1 saturated heterocycles. The zero-order valence-electron chi connectivity index (χ0n) is 19.3. The Balaban J connectivity index is 1.41. The highest BCUT2D eigenvalue weighted by atomic mass is 32.2. The molecule has 3 heterocycles. The van der Waals surface area contributed by atoms with Gasteiger partial charge in [-0.15, -0.1) is 0 Å². The normalized spacial score (nSPS) is 18.3. The molecule has 1 fully saturated rings. The second-order valence-electron chi connectivity index (χ2n) is 8.56. The predicted octanol–water partition coefficient (Wildman–Crippen LogP) is 3.07. The number of ether oxygens (including phenoxy) is 1. The molecule has 1 amide bonds. The molecule has 35 heavy (non-hydrogen) atoms. The lowest BCUT2D eigenvalue weighted by Gasteiger charge is -2.25. The third-order valence-electron chi connectivity index (χ3n) is 6.29. The van der Waals surface area contributed by atoms with Crippen LogP contribution in [0.25, 0.3) is 5.69 Å². The van der Waals surface area contributed by atoms with Crippen LogP contribution in [0.5, 0.6) is 5.75 Å². The van der Waals surface area contributed by atoms with Crippen LogP contribution in [0.1, 0.15) is 40.9 Å². The third-order valence-corrected chi connectivity index (χ3v) is 9.41. The van der Waals surface area contributed by atoms with Crippen molar-refractivity contribution >= 4 is 32.5 Å². The average Bonchev–Trinajstić information content (AvgIpc) is 3.41. The number of amides is 1. The van der Waals surface area contributed by atoms with Crippen molar-refractivity contribution < 1.29 is 22.2 Å². The van der Waals surface area contributed by atoms with Crippen LogP contribution in [-0.4, -0.2) is 52.8 Å². The Labute approximate surface area is 206 Å². The number of rotatable bonds is 6. The maximum absolute atomic E-state index is 13.1. The standard InChI is InChI=1S/C24H26N4O5S2/c1-33-19-9-7-18(8-10-19)28-23(21-15-34(30)16-22(21)26-28)25-24(29)17-5-11-20(12-6-17)35(31,32)27-13-3-2-4-14-27/h5-12H,2-4,13-16H2,1H3,(H,25,29)/t34-/m0/s1. The summed E-state index contributed by atoms with van der Waals surface area (Å²) in [6.45, 7) is 1.04. The number of nitrogens with one attached hydrogen (secondary N) is 1. The molecule has 5 rings (SSSR count). The van der Waals surface area contributed by atoms with Gasteiger partial charge < -0.3 is 10.1 Å². The summed E-state index contributed by atoms with van der Waals surface area (Å²) in [5.41, 5.74) is 2.48. The van der Waals surface area contributed by atoms with Crippen LogP contribution in [-0.2, 0) is 32.3 Å². The topological polar surface area (TPSA) is 111 Å². The van der Waals surface area contributed by atoms with Crippen LogP contribution in [0.3, 0.4) is 0 Å². The SMILES string of the molecule is COc1ccc(-n2nc3c(c2NC(=O)c2ccc(S(=O)(=O)N4CCCCC4)cc2)C[S@](=O)C3)cc1. The Morgan fingerprint density at radius 1 is 1.00 bits per heavy atom. The quantitative estimate of drug-likeness (QED) is 0.541. The van der Waals surface area contributed by atoms with E-state index in [0.29, 0.717) is 47.4 Å². The predicted molar refractivity (Wildman–Crippen MR) is 133 cm³/mol. The van der Waals surface area contributed by atoms with Gasteiger partial charge in [0.1, 0.15) is 11.6 Å². The molecule has 0 aliphatic carbocycles. The maximum atomic E-state index is 13.1. The first-order valence-corrected chi connectivity index (χ1v) is 14.3. The molecule has 9 nitrogen and oxygen atoms in total. The number of methoxy groups -OCH3 is 1. The Hall–Kier alpha value is -3.02. The Kier molecular flexibility index (Phi) is 6.47. The monoisotopic (exact) mass is 514 g/mol. The van der Waals surface area contributed by atoms with E-state index < -0.39 is 26.7 Å². The Morgan fingerprint density at radius 2 is 1.69 bits per heavy atom. The van der Waals surface area contributed by atoms with E-state index in [4.69, 9.17) is 4.74 Å². The van der Waals surface area contributed by atoms with E-state index in [-0.39, 0.29) is 4.90 Å². The lowest BCUT2D eigenvalue weighted by Crippen LogP contribution is -2.35. The summed E-state index contributed by atoms with van der Waals surface area (Å²) < 4.78 is 46.3. The fraction of sp³-hybridized carbons (Fsp3) is 0.333. The van der Waals surface area contributed by atoms with E-state index in [2.05, 4.69) is 10.4 Å². The minimum atomic E-state index is -3.57. The van der Waals surface area contributed by atoms with E-state index in [1.807, 2.05) is 12.1 Å². The molecular formula is C24H26N4O5S2. The summed E-state index contributed by atoms with van der Waals surface area (Å²) in [5.74, 6) is 1.41. The number of hydrogen-bond acceptors (Lipinski definition) is 6. The van der Waals surface area contributed by atoms with Crippen molar-refractivity contribution in [2.24, 2.45) is 0 Å². The van der Waals surface area contributed by atoms with Gasteiger partial charge in [-0.25, -0.2) is 13.1 Å². The van der Waals surface area contributed by atoms with E-state index in [0.717, 1.165) is 30.5 Å². The number of carbonyl (C=O) groups excluding carboxylic acids is 1. The highest BCUT2D eigenvalue weighted by Crippen LogP contribution is 2.32. The number of piperidine rings is 1. The lowest BCUT2D eigenvalue weighted by molar-refractivity contribution is 0.102. The van der Waals surface area contributed by atoms with Gasteiger partial charge in [0.25, 0.3) is 5.91 Å². The molecular weight excluding hydrogens is 488 g/mol. The molecule has 3 aromatic rings. The minimum absolute atomic E-state index is 0.176. The number of sulfonamides is 1. The molecule has 2 aliphatic heterocycles. The van der Waals surface area contributed by atoms with Crippen molar-refractivity contribution in [2.45, 2.75) is 35.7 Å². The maximum Gasteiger partial charge on any atom is 0.256 e. The van der Waals surface area contributed by atoms with Crippen LogP contribution >= 0.6 is 0 Å². The van der Waals surface area contributed by atoms with Gasteiger partial charge in [0.15, 0.2) is 0 Å². The number of carbonyl (C=O) groups is 1. The molecule has 1 N–H and O–H groups in total. The largest absolute Gasteiger partial charge is 0.497 e. The van der Waals surface area contributed by atoms with E-state index in [1.165, 1.54) is 28.6 Å².